The highest BCUT2D eigenvalue weighted by Crippen LogP contribution is 2.35. The number of aliphatic hydroxyl groups excluding tert-OH is 1. The van der Waals surface area contributed by atoms with Gasteiger partial charge >= 0.3 is 0 Å². The average Bonchev–Trinajstić information content (AvgIpc) is 2.85. The van der Waals surface area contributed by atoms with Crippen molar-refractivity contribution in [3.05, 3.63) is 18.0 Å². The van der Waals surface area contributed by atoms with Gasteiger partial charge in [0.15, 0.2) is 0 Å². The molecule has 3 nitrogen and oxygen atoms in total. The predicted octanol–water partition coefficient (Wildman–Crippen LogP) is 2.31. The lowest BCUT2D eigenvalue weighted by Gasteiger charge is -2.23. The molecule has 0 bridgehead atoms. The van der Waals surface area contributed by atoms with Gasteiger partial charge in [-0.1, -0.05) is 12.8 Å². The number of aliphatic hydroxyl groups is 1. The summed E-state index contributed by atoms with van der Waals surface area (Å²) in [6, 6.07) is 0.409. The Hall–Kier alpha value is -0.830. The van der Waals surface area contributed by atoms with Crippen molar-refractivity contribution in [2.24, 2.45) is 5.92 Å². The maximum atomic E-state index is 9.12. The van der Waals surface area contributed by atoms with Crippen molar-refractivity contribution in [1.82, 2.24) is 9.78 Å². The highest BCUT2D eigenvalue weighted by molar-refractivity contribution is 5.01. The van der Waals surface area contributed by atoms with Crippen molar-refractivity contribution < 1.29 is 5.11 Å². The molecule has 0 saturated heterocycles. The van der Waals surface area contributed by atoms with E-state index in [-0.39, 0.29) is 6.61 Å². The Morgan fingerprint density at radius 2 is 2.27 bits per heavy atom. The minimum Gasteiger partial charge on any atom is -0.396 e. The zero-order valence-corrected chi connectivity index (χ0v) is 9.39. The summed E-state index contributed by atoms with van der Waals surface area (Å²) in [5.74, 6) is 0.719. The summed E-state index contributed by atoms with van der Waals surface area (Å²) in [5.41, 5.74) is 1.20. The molecule has 84 valence electrons. The van der Waals surface area contributed by atoms with Crippen molar-refractivity contribution in [3.63, 3.8) is 0 Å². The van der Waals surface area contributed by atoms with Crippen LogP contribution in [0.15, 0.2) is 12.4 Å². The molecule has 0 unspecified atom stereocenters. The van der Waals surface area contributed by atoms with Crippen LogP contribution in [0.3, 0.4) is 0 Å². The highest BCUT2D eigenvalue weighted by atomic mass is 16.3. The van der Waals surface area contributed by atoms with Crippen LogP contribution >= 0.6 is 0 Å². The minimum absolute atomic E-state index is 0.264. The van der Waals surface area contributed by atoms with Gasteiger partial charge in [-0.2, -0.15) is 5.10 Å². The number of nitrogens with zero attached hydrogens (tertiary/aromatic N) is 2. The Morgan fingerprint density at radius 1 is 1.53 bits per heavy atom. The fourth-order valence-electron chi connectivity index (χ4n) is 2.67. The van der Waals surface area contributed by atoms with Gasteiger partial charge in [0.2, 0.25) is 0 Å². The largest absolute Gasteiger partial charge is 0.396 e. The van der Waals surface area contributed by atoms with Crippen LogP contribution in [0.1, 0.15) is 43.7 Å². The van der Waals surface area contributed by atoms with Crippen LogP contribution in [0.4, 0.5) is 0 Å². The SMILES string of the molecule is Cc1cnn([C@H](CCO)C2CCCC2)c1. The Balaban J connectivity index is 2.11. The van der Waals surface area contributed by atoms with E-state index < -0.39 is 0 Å². The van der Waals surface area contributed by atoms with E-state index in [4.69, 9.17) is 5.11 Å². The smallest absolute Gasteiger partial charge is 0.0569 e. The quantitative estimate of drug-likeness (QED) is 0.824. The summed E-state index contributed by atoms with van der Waals surface area (Å²) in [5, 5.41) is 13.5. The molecule has 1 fully saturated rings. The van der Waals surface area contributed by atoms with Crippen molar-refractivity contribution in [2.75, 3.05) is 6.61 Å². The van der Waals surface area contributed by atoms with Crippen LogP contribution in [0.25, 0.3) is 0 Å². The predicted molar refractivity (Wildman–Crippen MR) is 59.7 cm³/mol. The summed E-state index contributed by atoms with van der Waals surface area (Å²) in [7, 11) is 0. The van der Waals surface area contributed by atoms with Crippen LogP contribution < -0.4 is 0 Å². The van der Waals surface area contributed by atoms with E-state index in [0.29, 0.717) is 6.04 Å². The molecule has 0 spiro atoms. The maximum Gasteiger partial charge on any atom is 0.0569 e. The first-order valence-electron chi connectivity index (χ1n) is 5.93. The molecule has 1 aliphatic carbocycles. The summed E-state index contributed by atoms with van der Waals surface area (Å²) >= 11 is 0. The summed E-state index contributed by atoms with van der Waals surface area (Å²) < 4.78 is 2.06. The molecule has 0 aliphatic heterocycles. The van der Waals surface area contributed by atoms with E-state index >= 15 is 0 Å². The van der Waals surface area contributed by atoms with Crippen molar-refractivity contribution in [3.8, 4) is 0 Å². The lowest BCUT2D eigenvalue weighted by molar-refractivity contribution is 0.211. The lowest BCUT2D eigenvalue weighted by atomic mass is 9.96. The molecule has 1 saturated carbocycles. The molecule has 0 radical (unpaired) electrons. The molecule has 1 aliphatic rings. The molecule has 1 heterocycles. The van der Waals surface area contributed by atoms with Crippen molar-refractivity contribution in [2.45, 2.75) is 45.1 Å². The first kappa shape index (κ1) is 10.7. The van der Waals surface area contributed by atoms with E-state index in [1.54, 1.807) is 0 Å². The average molecular weight is 208 g/mol. The van der Waals surface area contributed by atoms with Crippen molar-refractivity contribution >= 4 is 0 Å². The highest BCUT2D eigenvalue weighted by Gasteiger charge is 2.26. The van der Waals surface area contributed by atoms with Gasteiger partial charge in [0.05, 0.1) is 12.2 Å². The van der Waals surface area contributed by atoms with Gasteiger partial charge in [-0.3, -0.25) is 4.68 Å². The molecular weight excluding hydrogens is 188 g/mol. The second kappa shape index (κ2) is 4.79. The fourth-order valence-corrected chi connectivity index (χ4v) is 2.67. The van der Waals surface area contributed by atoms with Crippen LogP contribution in [-0.4, -0.2) is 21.5 Å². The Labute approximate surface area is 91.1 Å². The second-order valence-electron chi connectivity index (χ2n) is 4.62. The molecule has 1 atom stereocenters. The summed E-state index contributed by atoms with van der Waals surface area (Å²) in [4.78, 5) is 0. The zero-order valence-electron chi connectivity index (χ0n) is 9.39. The van der Waals surface area contributed by atoms with Crippen LogP contribution in [0, 0.1) is 12.8 Å². The van der Waals surface area contributed by atoms with E-state index in [2.05, 4.69) is 22.9 Å². The van der Waals surface area contributed by atoms with Gasteiger partial charge in [-0.25, -0.2) is 0 Å². The number of rotatable bonds is 4. The molecule has 2 rings (SSSR count). The molecule has 3 heteroatoms. The third-order valence-corrected chi connectivity index (χ3v) is 3.44. The number of aromatic nitrogens is 2. The van der Waals surface area contributed by atoms with Crippen LogP contribution in [0.5, 0.6) is 0 Å². The zero-order chi connectivity index (χ0) is 10.7. The summed E-state index contributed by atoms with van der Waals surface area (Å²) in [6.07, 6.45) is 10.1. The molecule has 1 aromatic heterocycles. The molecule has 15 heavy (non-hydrogen) atoms. The van der Waals surface area contributed by atoms with Crippen LogP contribution in [-0.2, 0) is 0 Å². The van der Waals surface area contributed by atoms with Crippen LogP contribution in [0.2, 0.25) is 0 Å². The van der Waals surface area contributed by atoms with E-state index in [0.717, 1.165) is 12.3 Å². The lowest BCUT2D eigenvalue weighted by Crippen LogP contribution is -2.19. The Morgan fingerprint density at radius 3 is 2.80 bits per heavy atom. The molecule has 0 aromatic carbocycles. The van der Waals surface area contributed by atoms with Gasteiger partial charge in [-0.05, 0) is 37.7 Å². The second-order valence-corrected chi connectivity index (χ2v) is 4.62. The Bertz CT molecular complexity index is 302. The normalized spacial score (nSPS) is 19.6. The minimum atomic E-state index is 0.264. The standard InChI is InChI=1S/C12H20N2O/c1-10-8-13-14(9-10)12(6-7-15)11-4-2-3-5-11/h8-9,11-12,15H,2-7H2,1H3/t12-/m1/s1. The molecule has 1 N–H and O–H groups in total. The third kappa shape index (κ3) is 2.40. The molecular formula is C12H20N2O. The number of hydrogen-bond donors (Lipinski definition) is 1. The maximum absolute atomic E-state index is 9.12. The van der Waals surface area contributed by atoms with Gasteiger partial charge in [0, 0.05) is 12.8 Å². The monoisotopic (exact) mass is 208 g/mol. The molecule has 1 aromatic rings. The van der Waals surface area contributed by atoms with Crippen molar-refractivity contribution in [1.29, 1.82) is 0 Å². The molecule has 0 amide bonds. The van der Waals surface area contributed by atoms with E-state index in [9.17, 15) is 0 Å². The first-order chi connectivity index (χ1) is 7.31. The number of hydrogen-bond acceptors (Lipinski definition) is 2. The number of aryl methyl sites for hydroxylation is 1. The summed E-state index contributed by atoms with van der Waals surface area (Å²) in [6.45, 7) is 2.33. The Kier molecular flexibility index (Phi) is 3.41. The fraction of sp³-hybridized carbons (Fsp3) is 0.750. The van der Waals surface area contributed by atoms with Gasteiger partial charge in [0.1, 0.15) is 0 Å². The van der Waals surface area contributed by atoms with E-state index in [1.165, 1.54) is 31.2 Å². The van der Waals surface area contributed by atoms with Gasteiger partial charge in [0.25, 0.3) is 0 Å². The first-order valence-corrected chi connectivity index (χ1v) is 5.93. The van der Waals surface area contributed by atoms with E-state index in [1.807, 2.05) is 6.20 Å². The third-order valence-electron chi connectivity index (χ3n) is 3.44. The topological polar surface area (TPSA) is 38.0 Å². The van der Waals surface area contributed by atoms with Gasteiger partial charge in [-0.15, -0.1) is 0 Å². The van der Waals surface area contributed by atoms with Gasteiger partial charge < -0.3 is 5.11 Å².